The van der Waals surface area contributed by atoms with Gasteiger partial charge in [-0.25, -0.2) is 0 Å². The second kappa shape index (κ2) is 4.93. The zero-order valence-corrected chi connectivity index (χ0v) is 11.7. The van der Waals surface area contributed by atoms with Gasteiger partial charge in [0.2, 0.25) is 0 Å². The highest BCUT2D eigenvalue weighted by atomic mass is 15.3. The molecule has 6 heteroatoms. The predicted octanol–water partition coefficient (Wildman–Crippen LogP) is 0.516. The summed E-state index contributed by atoms with van der Waals surface area (Å²) < 4.78 is 0. The summed E-state index contributed by atoms with van der Waals surface area (Å²) in [5.74, 6) is 0.939. The Labute approximate surface area is 109 Å². The van der Waals surface area contributed by atoms with Crippen molar-refractivity contribution in [3.05, 3.63) is 0 Å². The molecule has 18 heavy (non-hydrogen) atoms. The second-order valence-electron chi connectivity index (χ2n) is 5.91. The van der Waals surface area contributed by atoms with Gasteiger partial charge in [-0.15, -0.1) is 0 Å². The average Bonchev–Trinajstić information content (AvgIpc) is 2.99. The van der Waals surface area contributed by atoms with Gasteiger partial charge in [-0.2, -0.15) is 10.2 Å². The summed E-state index contributed by atoms with van der Waals surface area (Å²) in [5.41, 5.74) is -0.626. The number of amidine groups is 1. The molecule has 2 aliphatic rings. The molecule has 0 radical (unpaired) electrons. The first-order chi connectivity index (χ1) is 8.42. The SMILES string of the molecule is CC(C)(N=NC(C)(C)C1NCCN1)C1=NCCN1. The Morgan fingerprint density at radius 3 is 2.28 bits per heavy atom. The molecular weight excluding hydrogens is 228 g/mol. The lowest BCUT2D eigenvalue weighted by Gasteiger charge is -2.28. The Morgan fingerprint density at radius 1 is 1.06 bits per heavy atom. The molecule has 6 nitrogen and oxygen atoms in total. The third-order valence-electron chi connectivity index (χ3n) is 3.34. The number of rotatable bonds is 4. The Bertz CT molecular complexity index is 352. The maximum absolute atomic E-state index is 4.53. The molecule has 2 heterocycles. The van der Waals surface area contributed by atoms with Gasteiger partial charge in [-0.05, 0) is 27.7 Å². The monoisotopic (exact) mass is 252 g/mol. The third-order valence-corrected chi connectivity index (χ3v) is 3.34. The predicted molar refractivity (Wildman–Crippen MR) is 73.1 cm³/mol. The molecular formula is C12H24N6. The molecule has 0 aliphatic carbocycles. The maximum atomic E-state index is 4.53. The van der Waals surface area contributed by atoms with E-state index in [1.54, 1.807) is 0 Å². The molecule has 0 atom stereocenters. The minimum absolute atomic E-state index is 0.190. The van der Waals surface area contributed by atoms with Gasteiger partial charge in [0.15, 0.2) is 0 Å². The molecule has 0 bridgehead atoms. The van der Waals surface area contributed by atoms with E-state index < -0.39 is 0 Å². The molecule has 3 N–H and O–H groups in total. The summed E-state index contributed by atoms with van der Waals surface area (Å²) in [5, 5.41) is 19.1. The highest BCUT2D eigenvalue weighted by molar-refractivity contribution is 5.92. The van der Waals surface area contributed by atoms with E-state index in [1.165, 1.54) is 0 Å². The van der Waals surface area contributed by atoms with E-state index >= 15 is 0 Å². The second-order valence-corrected chi connectivity index (χ2v) is 5.91. The summed E-state index contributed by atoms with van der Waals surface area (Å²) in [6.45, 7) is 12.0. The van der Waals surface area contributed by atoms with Crippen molar-refractivity contribution in [3.8, 4) is 0 Å². The number of nitrogens with zero attached hydrogens (tertiary/aromatic N) is 3. The molecule has 0 saturated carbocycles. The Kier molecular flexibility index (Phi) is 3.68. The molecule has 0 aromatic carbocycles. The lowest BCUT2D eigenvalue weighted by atomic mass is 10.0. The van der Waals surface area contributed by atoms with Crippen LogP contribution in [-0.4, -0.2) is 49.3 Å². The van der Waals surface area contributed by atoms with Crippen molar-refractivity contribution in [2.45, 2.75) is 44.9 Å². The standard InChI is InChI=1S/C12H24N6/c1-11(2,9-13-5-6-14-9)17-18-12(3,4)10-15-7-8-16-10/h9,13-14H,5-8H2,1-4H3,(H,15,16). The molecule has 102 valence electrons. The van der Waals surface area contributed by atoms with Crippen molar-refractivity contribution in [1.82, 2.24) is 16.0 Å². The molecule has 0 aromatic rings. The van der Waals surface area contributed by atoms with Crippen LogP contribution < -0.4 is 16.0 Å². The van der Waals surface area contributed by atoms with Crippen molar-refractivity contribution in [3.63, 3.8) is 0 Å². The van der Waals surface area contributed by atoms with Crippen molar-refractivity contribution >= 4 is 5.84 Å². The minimum Gasteiger partial charge on any atom is -0.370 e. The van der Waals surface area contributed by atoms with Crippen LogP contribution in [0.2, 0.25) is 0 Å². The van der Waals surface area contributed by atoms with Crippen LogP contribution in [-0.2, 0) is 0 Å². The van der Waals surface area contributed by atoms with Crippen LogP contribution in [0.3, 0.4) is 0 Å². The lowest BCUT2D eigenvalue weighted by Crippen LogP contribution is -2.49. The molecule has 2 rings (SSSR count). The van der Waals surface area contributed by atoms with E-state index in [9.17, 15) is 0 Å². The highest BCUT2D eigenvalue weighted by Crippen LogP contribution is 2.20. The number of aliphatic imine (C=N–C) groups is 1. The Balaban J connectivity index is 2.04. The summed E-state index contributed by atoms with van der Waals surface area (Å²) in [4.78, 5) is 4.43. The zero-order chi connectivity index (χ0) is 13.2. The summed E-state index contributed by atoms with van der Waals surface area (Å²) in [6.07, 6.45) is 0.190. The summed E-state index contributed by atoms with van der Waals surface area (Å²) in [6, 6.07) is 0. The molecule has 0 aromatic heterocycles. The molecule has 0 spiro atoms. The number of azo groups is 1. The van der Waals surface area contributed by atoms with Crippen LogP contribution >= 0.6 is 0 Å². The third kappa shape index (κ3) is 2.87. The van der Waals surface area contributed by atoms with E-state index in [-0.39, 0.29) is 17.2 Å². The van der Waals surface area contributed by atoms with Gasteiger partial charge in [0.25, 0.3) is 0 Å². The summed E-state index contributed by atoms with van der Waals surface area (Å²) >= 11 is 0. The number of nitrogens with one attached hydrogen (secondary N) is 3. The van der Waals surface area contributed by atoms with E-state index in [0.29, 0.717) is 0 Å². The number of hydrogen-bond donors (Lipinski definition) is 3. The van der Waals surface area contributed by atoms with E-state index in [2.05, 4.69) is 45.0 Å². The fourth-order valence-corrected chi connectivity index (χ4v) is 2.17. The van der Waals surface area contributed by atoms with Crippen molar-refractivity contribution in [2.24, 2.45) is 15.2 Å². The molecule has 0 unspecified atom stereocenters. The van der Waals surface area contributed by atoms with Gasteiger partial charge in [0, 0.05) is 19.6 Å². The molecule has 2 aliphatic heterocycles. The van der Waals surface area contributed by atoms with Gasteiger partial charge in [0.1, 0.15) is 16.9 Å². The smallest absolute Gasteiger partial charge is 0.132 e. The molecule has 0 amide bonds. The molecule has 1 saturated heterocycles. The van der Waals surface area contributed by atoms with Crippen LogP contribution in [0.25, 0.3) is 0 Å². The van der Waals surface area contributed by atoms with Crippen LogP contribution in [0.1, 0.15) is 27.7 Å². The maximum Gasteiger partial charge on any atom is 0.132 e. The van der Waals surface area contributed by atoms with E-state index in [4.69, 9.17) is 0 Å². The van der Waals surface area contributed by atoms with Gasteiger partial charge >= 0.3 is 0 Å². The van der Waals surface area contributed by atoms with Crippen LogP contribution in [0.15, 0.2) is 15.2 Å². The van der Waals surface area contributed by atoms with Crippen LogP contribution in [0.5, 0.6) is 0 Å². The Hall–Kier alpha value is -1.01. The highest BCUT2D eigenvalue weighted by Gasteiger charge is 2.33. The van der Waals surface area contributed by atoms with E-state index in [1.807, 2.05) is 13.8 Å². The fraction of sp³-hybridized carbons (Fsp3) is 0.917. The van der Waals surface area contributed by atoms with Crippen LogP contribution in [0, 0.1) is 0 Å². The van der Waals surface area contributed by atoms with Crippen LogP contribution in [0.4, 0.5) is 0 Å². The number of hydrogen-bond acceptors (Lipinski definition) is 6. The largest absolute Gasteiger partial charge is 0.370 e. The first kappa shape index (κ1) is 13.4. The summed E-state index contributed by atoms with van der Waals surface area (Å²) in [7, 11) is 0. The van der Waals surface area contributed by atoms with Gasteiger partial charge in [-0.1, -0.05) is 0 Å². The van der Waals surface area contributed by atoms with E-state index in [0.717, 1.165) is 32.0 Å². The fourth-order valence-electron chi connectivity index (χ4n) is 2.17. The first-order valence-corrected chi connectivity index (χ1v) is 6.61. The first-order valence-electron chi connectivity index (χ1n) is 6.61. The van der Waals surface area contributed by atoms with Gasteiger partial charge in [-0.3, -0.25) is 15.6 Å². The van der Waals surface area contributed by atoms with Crippen molar-refractivity contribution in [1.29, 1.82) is 0 Å². The Morgan fingerprint density at radius 2 is 1.72 bits per heavy atom. The van der Waals surface area contributed by atoms with Gasteiger partial charge < -0.3 is 5.32 Å². The van der Waals surface area contributed by atoms with Crippen molar-refractivity contribution in [2.75, 3.05) is 26.2 Å². The van der Waals surface area contributed by atoms with Gasteiger partial charge in [0.05, 0.1) is 12.7 Å². The molecule has 1 fully saturated rings. The quantitative estimate of drug-likeness (QED) is 0.639. The van der Waals surface area contributed by atoms with Crippen molar-refractivity contribution < 1.29 is 0 Å². The normalized spacial score (nSPS) is 22.6. The topological polar surface area (TPSA) is 73.2 Å². The lowest BCUT2D eigenvalue weighted by molar-refractivity contribution is 0.330. The average molecular weight is 252 g/mol. The zero-order valence-electron chi connectivity index (χ0n) is 11.7. The minimum atomic E-state index is -0.369.